The highest BCUT2D eigenvalue weighted by Gasteiger charge is 2.19. The van der Waals surface area contributed by atoms with Gasteiger partial charge in [0.05, 0.1) is 0 Å². The second kappa shape index (κ2) is 6.21. The van der Waals surface area contributed by atoms with Crippen molar-refractivity contribution in [1.29, 1.82) is 0 Å². The SMILES string of the molecule is CNC(=O)c1c(NC(=O)c2ccc(C(C)=O)cc2)n[nH]c1C. The summed E-state index contributed by atoms with van der Waals surface area (Å²) in [6.45, 7) is 3.14. The van der Waals surface area contributed by atoms with Gasteiger partial charge >= 0.3 is 0 Å². The fourth-order valence-corrected chi connectivity index (χ4v) is 1.96. The molecule has 3 N–H and O–H groups in total. The number of benzene rings is 1. The first-order chi connectivity index (χ1) is 10.4. The van der Waals surface area contributed by atoms with Gasteiger partial charge in [-0.1, -0.05) is 12.1 Å². The molecule has 2 aromatic rings. The van der Waals surface area contributed by atoms with Crippen LogP contribution >= 0.6 is 0 Å². The van der Waals surface area contributed by atoms with Crippen LogP contribution in [-0.4, -0.2) is 34.8 Å². The van der Waals surface area contributed by atoms with Crippen molar-refractivity contribution in [2.24, 2.45) is 0 Å². The molecule has 0 aliphatic carbocycles. The summed E-state index contributed by atoms with van der Waals surface area (Å²) in [6, 6.07) is 6.25. The molecule has 2 amide bonds. The minimum absolute atomic E-state index is 0.0724. The zero-order valence-corrected chi connectivity index (χ0v) is 12.5. The van der Waals surface area contributed by atoms with E-state index in [1.165, 1.54) is 14.0 Å². The Morgan fingerprint density at radius 2 is 1.64 bits per heavy atom. The summed E-state index contributed by atoms with van der Waals surface area (Å²) in [4.78, 5) is 35.2. The predicted octanol–water partition coefficient (Wildman–Crippen LogP) is 1.53. The summed E-state index contributed by atoms with van der Waals surface area (Å²) < 4.78 is 0. The van der Waals surface area contributed by atoms with Gasteiger partial charge in [-0.3, -0.25) is 19.5 Å². The monoisotopic (exact) mass is 300 g/mol. The number of aromatic nitrogens is 2. The number of nitrogens with one attached hydrogen (secondary N) is 3. The zero-order chi connectivity index (χ0) is 16.3. The molecular formula is C15H16N4O3. The van der Waals surface area contributed by atoms with Gasteiger partial charge in [0.1, 0.15) is 5.56 Å². The molecule has 0 saturated carbocycles. The number of hydrogen-bond donors (Lipinski definition) is 3. The van der Waals surface area contributed by atoms with E-state index in [2.05, 4.69) is 20.8 Å². The molecule has 1 heterocycles. The number of aromatic amines is 1. The van der Waals surface area contributed by atoms with Gasteiger partial charge in [-0.15, -0.1) is 0 Å². The molecule has 0 spiro atoms. The van der Waals surface area contributed by atoms with Crippen LogP contribution in [0.15, 0.2) is 24.3 Å². The van der Waals surface area contributed by atoms with Gasteiger partial charge in [-0.05, 0) is 26.0 Å². The maximum Gasteiger partial charge on any atom is 0.256 e. The Balaban J connectivity index is 2.22. The first-order valence-corrected chi connectivity index (χ1v) is 6.63. The molecular weight excluding hydrogens is 284 g/mol. The Kier molecular flexibility index (Phi) is 4.36. The highest BCUT2D eigenvalue weighted by Crippen LogP contribution is 2.17. The second-order valence-electron chi connectivity index (χ2n) is 4.74. The molecule has 0 unspecified atom stereocenters. The average Bonchev–Trinajstić information content (AvgIpc) is 2.87. The van der Waals surface area contributed by atoms with Crippen LogP contribution in [0.1, 0.15) is 43.7 Å². The number of Topliss-reactive ketones (excluding diaryl/α,β-unsaturated/α-hetero) is 1. The summed E-state index contributed by atoms with van der Waals surface area (Å²) in [5.74, 6) is -0.658. The van der Waals surface area contributed by atoms with Crippen LogP contribution in [0.4, 0.5) is 5.82 Å². The zero-order valence-electron chi connectivity index (χ0n) is 12.5. The lowest BCUT2D eigenvalue weighted by Crippen LogP contribution is -2.21. The van der Waals surface area contributed by atoms with E-state index in [4.69, 9.17) is 0 Å². The fraction of sp³-hybridized carbons (Fsp3) is 0.200. The largest absolute Gasteiger partial charge is 0.355 e. The van der Waals surface area contributed by atoms with E-state index in [0.29, 0.717) is 16.8 Å². The van der Waals surface area contributed by atoms with E-state index < -0.39 is 5.91 Å². The van der Waals surface area contributed by atoms with Crippen molar-refractivity contribution in [1.82, 2.24) is 15.5 Å². The van der Waals surface area contributed by atoms with Crippen molar-refractivity contribution in [2.75, 3.05) is 12.4 Å². The maximum atomic E-state index is 12.2. The number of rotatable bonds is 4. The lowest BCUT2D eigenvalue weighted by molar-refractivity contribution is 0.0962. The standard InChI is InChI=1S/C15H16N4O3/c1-8-12(15(22)16-3)13(19-18-8)17-14(21)11-6-4-10(5-7-11)9(2)20/h4-7H,1-3H3,(H,16,22)(H2,17,18,19,21). The highest BCUT2D eigenvalue weighted by atomic mass is 16.2. The summed E-state index contributed by atoms with van der Waals surface area (Å²) in [7, 11) is 1.50. The topological polar surface area (TPSA) is 104 Å². The van der Waals surface area contributed by atoms with E-state index in [9.17, 15) is 14.4 Å². The van der Waals surface area contributed by atoms with Gasteiger partial charge in [0.25, 0.3) is 11.8 Å². The molecule has 7 nitrogen and oxygen atoms in total. The Bertz CT molecular complexity index is 732. The van der Waals surface area contributed by atoms with E-state index >= 15 is 0 Å². The molecule has 0 radical (unpaired) electrons. The molecule has 2 rings (SSSR count). The molecule has 0 aliphatic heterocycles. The quantitative estimate of drug-likeness (QED) is 0.745. The van der Waals surface area contributed by atoms with Crippen molar-refractivity contribution in [3.8, 4) is 0 Å². The average molecular weight is 300 g/mol. The molecule has 114 valence electrons. The highest BCUT2D eigenvalue weighted by molar-refractivity contribution is 6.08. The fourth-order valence-electron chi connectivity index (χ4n) is 1.96. The lowest BCUT2D eigenvalue weighted by atomic mass is 10.1. The van der Waals surface area contributed by atoms with Crippen LogP contribution in [0.5, 0.6) is 0 Å². The third kappa shape index (κ3) is 3.03. The van der Waals surface area contributed by atoms with Crippen LogP contribution in [0, 0.1) is 6.92 Å². The third-order valence-corrected chi connectivity index (χ3v) is 3.19. The number of aryl methyl sites for hydroxylation is 1. The van der Waals surface area contributed by atoms with Crippen molar-refractivity contribution >= 4 is 23.4 Å². The summed E-state index contributed by atoms with van der Waals surface area (Å²) >= 11 is 0. The van der Waals surface area contributed by atoms with Gasteiger partial charge < -0.3 is 10.6 Å². The number of hydrogen-bond acceptors (Lipinski definition) is 4. The smallest absolute Gasteiger partial charge is 0.256 e. The summed E-state index contributed by atoms with van der Waals surface area (Å²) in [5.41, 5.74) is 1.74. The van der Waals surface area contributed by atoms with Crippen molar-refractivity contribution in [2.45, 2.75) is 13.8 Å². The first kappa shape index (κ1) is 15.4. The normalized spacial score (nSPS) is 10.1. The first-order valence-electron chi connectivity index (χ1n) is 6.63. The molecule has 0 saturated heterocycles. The number of nitrogens with zero attached hydrogens (tertiary/aromatic N) is 1. The van der Waals surface area contributed by atoms with E-state index in [0.717, 1.165) is 0 Å². The number of ketones is 1. The van der Waals surface area contributed by atoms with Gasteiger partial charge in [0.15, 0.2) is 11.6 Å². The van der Waals surface area contributed by atoms with E-state index in [-0.39, 0.29) is 23.1 Å². The number of amides is 2. The Morgan fingerprint density at radius 1 is 1.05 bits per heavy atom. The maximum absolute atomic E-state index is 12.2. The van der Waals surface area contributed by atoms with Crippen molar-refractivity contribution < 1.29 is 14.4 Å². The molecule has 1 aromatic carbocycles. The molecule has 7 heteroatoms. The lowest BCUT2D eigenvalue weighted by Gasteiger charge is -2.05. The van der Waals surface area contributed by atoms with Crippen LogP contribution in [0.3, 0.4) is 0 Å². The Hall–Kier alpha value is -2.96. The molecule has 0 atom stereocenters. The Labute approximate surface area is 127 Å². The van der Waals surface area contributed by atoms with Gasteiger partial charge in [-0.25, -0.2) is 0 Å². The minimum Gasteiger partial charge on any atom is -0.355 e. The summed E-state index contributed by atoms with van der Waals surface area (Å²) in [6.07, 6.45) is 0. The molecule has 0 fully saturated rings. The molecule has 22 heavy (non-hydrogen) atoms. The van der Waals surface area contributed by atoms with E-state index in [1.807, 2.05) is 0 Å². The minimum atomic E-state index is -0.410. The molecule has 1 aromatic heterocycles. The van der Waals surface area contributed by atoms with Crippen molar-refractivity contribution in [3.05, 3.63) is 46.6 Å². The van der Waals surface area contributed by atoms with Crippen molar-refractivity contribution in [3.63, 3.8) is 0 Å². The van der Waals surface area contributed by atoms with Gasteiger partial charge in [-0.2, -0.15) is 5.10 Å². The number of carbonyl (C=O) groups is 3. The van der Waals surface area contributed by atoms with Crippen LogP contribution < -0.4 is 10.6 Å². The van der Waals surface area contributed by atoms with Crippen LogP contribution in [0.2, 0.25) is 0 Å². The molecule has 0 aliphatic rings. The number of anilines is 1. The number of carbonyl (C=O) groups excluding carboxylic acids is 3. The summed E-state index contributed by atoms with van der Waals surface area (Å²) in [5, 5.41) is 11.7. The second-order valence-corrected chi connectivity index (χ2v) is 4.74. The Morgan fingerprint density at radius 3 is 2.18 bits per heavy atom. The van der Waals surface area contributed by atoms with Crippen LogP contribution in [0.25, 0.3) is 0 Å². The van der Waals surface area contributed by atoms with Gasteiger partial charge in [0, 0.05) is 23.9 Å². The predicted molar refractivity (Wildman–Crippen MR) is 81.1 cm³/mol. The third-order valence-electron chi connectivity index (χ3n) is 3.19. The van der Waals surface area contributed by atoms with E-state index in [1.54, 1.807) is 31.2 Å². The van der Waals surface area contributed by atoms with Gasteiger partial charge in [0.2, 0.25) is 0 Å². The molecule has 0 bridgehead atoms. The number of H-pyrrole nitrogens is 1. The van der Waals surface area contributed by atoms with Crippen LogP contribution in [-0.2, 0) is 0 Å².